The van der Waals surface area contributed by atoms with Crippen molar-refractivity contribution in [2.45, 2.75) is 6.92 Å². The van der Waals surface area contributed by atoms with Crippen LogP contribution in [0.1, 0.15) is 17.4 Å². The maximum Gasteiger partial charge on any atom is 0.0421 e. The molecule has 0 N–H and O–H groups in total. The van der Waals surface area contributed by atoms with Gasteiger partial charge in [-0.05, 0) is 152 Å². The topological polar surface area (TPSA) is 0 Å². The van der Waals surface area contributed by atoms with Gasteiger partial charge < -0.3 is 0 Å². The Labute approximate surface area is 475 Å². The highest BCUT2D eigenvalue weighted by Gasteiger charge is 2.15. The molecule has 0 aliphatic rings. The van der Waals surface area contributed by atoms with Crippen LogP contribution in [0.2, 0.25) is 0 Å². The molecule has 0 aliphatic heterocycles. The Bertz CT molecular complexity index is 4920. The van der Waals surface area contributed by atoms with Gasteiger partial charge in [-0.2, -0.15) is 0 Å². The van der Waals surface area contributed by atoms with Gasteiger partial charge in [-0.3, -0.25) is 0 Å². The number of hydrogen-bond donors (Lipinski definition) is 0. The average Bonchev–Trinajstić information content (AvgIpc) is 4.47. The maximum atomic E-state index is 4.13. The third-order valence-electron chi connectivity index (χ3n) is 15.9. The minimum atomic E-state index is 1.14. The molecule has 0 bridgehead atoms. The smallest absolute Gasteiger partial charge is 0.0421 e. The lowest BCUT2D eigenvalue weighted by Crippen LogP contribution is -1.83. The van der Waals surface area contributed by atoms with Crippen LogP contribution >= 0.6 is 45.3 Å². The van der Waals surface area contributed by atoms with Gasteiger partial charge in [0.15, 0.2) is 0 Å². The van der Waals surface area contributed by atoms with Crippen LogP contribution in [0.15, 0.2) is 266 Å². The lowest BCUT2D eigenvalue weighted by Gasteiger charge is -2.09. The van der Waals surface area contributed by atoms with Crippen LogP contribution in [-0.2, 0) is 0 Å². The van der Waals surface area contributed by atoms with Crippen molar-refractivity contribution in [3.63, 3.8) is 0 Å². The number of rotatable bonds is 10. The van der Waals surface area contributed by atoms with Crippen molar-refractivity contribution in [3.8, 4) is 64.7 Å². The molecular formula is C75H48S4. The van der Waals surface area contributed by atoms with Gasteiger partial charge >= 0.3 is 0 Å². The molecule has 79 heavy (non-hydrogen) atoms. The quantitative estimate of drug-likeness (QED) is 0.0946. The van der Waals surface area contributed by atoms with Crippen molar-refractivity contribution < 1.29 is 0 Å². The van der Waals surface area contributed by atoms with E-state index in [0.29, 0.717) is 0 Å². The van der Waals surface area contributed by atoms with Gasteiger partial charge in [0.25, 0.3) is 0 Å². The number of thiophene rings is 4. The van der Waals surface area contributed by atoms with Crippen molar-refractivity contribution >= 4 is 131 Å². The first-order valence-electron chi connectivity index (χ1n) is 26.7. The second kappa shape index (κ2) is 19.6. The molecular weight excluding hydrogens is 1030 g/mol. The Morgan fingerprint density at radius 3 is 1.20 bits per heavy atom. The second-order valence-electron chi connectivity index (χ2n) is 20.5. The van der Waals surface area contributed by atoms with Crippen molar-refractivity contribution in [3.05, 3.63) is 277 Å². The molecule has 372 valence electrons. The maximum absolute atomic E-state index is 4.13. The van der Waals surface area contributed by atoms with E-state index in [1.54, 1.807) is 11.3 Å². The highest BCUT2D eigenvalue weighted by molar-refractivity contribution is 7.22. The number of benzene rings is 11. The van der Waals surface area contributed by atoms with E-state index in [-0.39, 0.29) is 0 Å². The first-order chi connectivity index (χ1) is 39.0. The summed E-state index contributed by atoms with van der Waals surface area (Å²) in [5, 5.41) is 20.1. The summed E-state index contributed by atoms with van der Waals surface area (Å²) in [5.41, 5.74) is 14.6. The van der Waals surface area contributed by atoms with Crippen LogP contribution in [-0.4, -0.2) is 0 Å². The van der Waals surface area contributed by atoms with E-state index >= 15 is 0 Å². The normalized spacial score (nSPS) is 12.3. The molecule has 0 aliphatic carbocycles. The summed E-state index contributed by atoms with van der Waals surface area (Å²) in [6, 6.07) is 85.8. The monoisotopic (exact) mass is 1080 g/mol. The second-order valence-corrected chi connectivity index (χ2v) is 24.4. The molecule has 4 aromatic heterocycles. The predicted octanol–water partition coefficient (Wildman–Crippen LogP) is 23.7. The largest absolute Gasteiger partial charge is 0.143 e. The minimum absolute atomic E-state index is 1.14. The van der Waals surface area contributed by atoms with Crippen LogP contribution < -0.4 is 0 Å². The van der Waals surface area contributed by atoms with Crippen molar-refractivity contribution in [1.82, 2.24) is 0 Å². The van der Waals surface area contributed by atoms with E-state index in [1.165, 1.54) is 155 Å². The SMILES string of the molecule is C=C/C(=C\C=C(/C)c1ccc(-c2ccc(-c3cc4c(ccc5c4ccc4c6ccc7sc(-c8ccc(-c9ccc(-c%10ccc(-c%11scc%12ccccc%11%12)cc%10)cc9)cc8)cc7c6ccc54)s3)cc2)cc1)c1scc2ccccc12. The van der Waals surface area contributed by atoms with E-state index in [0.717, 1.165) is 5.57 Å². The Kier molecular flexibility index (Phi) is 11.8. The summed E-state index contributed by atoms with van der Waals surface area (Å²) < 4.78 is 2.62. The molecule has 0 spiro atoms. The predicted molar refractivity (Wildman–Crippen MR) is 351 cm³/mol. The van der Waals surface area contributed by atoms with Gasteiger partial charge in [0.1, 0.15) is 0 Å². The van der Waals surface area contributed by atoms with E-state index in [4.69, 9.17) is 0 Å². The average molecular weight is 1080 g/mol. The Morgan fingerprint density at radius 2 is 0.722 bits per heavy atom. The molecule has 15 aromatic rings. The summed E-state index contributed by atoms with van der Waals surface area (Å²) in [6.45, 7) is 6.31. The number of hydrogen-bond acceptors (Lipinski definition) is 4. The Balaban J connectivity index is 0.648. The lowest BCUT2D eigenvalue weighted by atomic mass is 9.94. The van der Waals surface area contributed by atoms with Gasteiger partial charge in [0.2, 0.25) is 0 Å². The fourth-order valence-corrected chi connectivity index (χ4v) is 15.8. The first-order valence-corrected chi connectivity index (χ1v) is 30.1. The lowest BCUT2D eigenvalue weighted by molar-refractivity contribution is 1.55. The molecule has 0 atom stereocenters. The molecule has 0 saturated carbocycles. The van der Waals surface area contributed by atoms with E-state index < -0.39 is 0 Å². The van der Waals surface area contributed by atoms with Gasteiger partial charge in [-0.15, -0.1) is 45.3 Å². The highest BCUT2D eigenvalue weighted by Crippen LogP contribution is 2.44. The number of allylic oxidation sites excluding steroid dienone is 5. The van der Waals surface area contributed by atoms with Crippen LogP contribution in [0.25, 0.3) is 150 Å². The van der Waals surface area contributed by atoms with E-state index in [1.807, 2.05) is 40.1 Å². The van der Waals surface area contributed by atoms with Gasteiger partial charge in [-0.25, -0.2) is 0 Å². The Morgan fingerprint density at radius 1 is 0.342 bits per heavy atom. The minimum Gasteiger partial charge on any atom is -0.143 e. The fraction of sp³-hybridized carbons (Fsp3) is 0.0133. The molecule has 0 fully saturated rings. The first kappa shape index (κ1) is 47.5. The van der Waals surface area contributed by atoms with Gasteiger partial charge in [0.05, 0.1) is 0 Å². The third kappa shape index (κ3) is 8.48. The van der Waals surface area contributed by atoms with Crippen LogP contribution in [0, 0.1) is 0 Å². The molecule has 0 nitrogen and oxygen atoms in total. The standard InChI is InChI=1S/C75H48S4/c1-3-47(74-60-10-6-4-8-58(60)44-76-74)13-12-46(2)48-14-16-49(17-15-48)52-22-28-55(29-23-52)72-42-68-66-36-34-63-62(64(66)38-40-70(68)78-72)35-37-67-65(63)39-41-71-69(67)43-73(79-71)56-30-24-53(25-31-56)50-18-20-51(21-19-50)54-26-32-57(33-27-54)75-61-11-7-5-9-59(61)45-77-75/h3-45H,1H2,2H3/b46-12+,47-13+. The molecule has 15 rings (SSSR count). The molecule has 11 aromatic carbocycles. The zero-order chi connectivity index (χ0) is 52.6. The van der Waals surface area contributed by atoms with Crippen LogP contribution in [0.3, 0.4) is 0 Å². The molecule has 0 unspecified atom stereocenters. The third-order valence-corrected chi connectivity index (χ3v) is 20.3. The molecule has 4 heteroatoms. The molecule has 0 radical (unpaired) electrons. The fourth-order valence-electron chi connectivity index (χ4n) is 11.6. The van der Waals surface area contributed by atoms with Crippen LogP contribution in [0.4, 0.5) is 0 Å². The van der Waals surface area contributed by atoms with Crippen LogP contribution in [0.5, 0.6) is 0 Å². The number of fused-ring (bicyclic) bond motifs is 11. The zero-order valence-corrected chi connectivity index (χ0v) is 46.4. The van der Waals surface area contributed by atoms with E-state index in [2.05, 4.69) is 267 Å². The van der Waals surface area contributed by atoms with Gasteiger partial charge in [-0.1, -0.05) is 231 Å². The Hall–Kier alpha value is -8.74. The van der Waals surface area contributed by atoms with E-state index in [9.17, 15) is 0 Å². The summed E-state index contributed by atoms with van der Waals surface area (Å²) in [7, 11) is 0. The van der Waals surface area contributed by atoms with Crippen molar-refractivity contribution in [2.24, 2.45) is 0 Å². The summed E-state index contributed by atoms with van der Waals surface area (Å²) in [4.78, 5) is 5.16. The molecule has 0 saturated heterocycles. The summed E-state index contributed by atoms with van der Waals surface area (Å²) in [6.07, 6.45) is 6.36. The summed E-state index contributed by atoms with van der Waals surface area (Å²) >= 11 is 7.34. The molecule has 4 heterocycles. The van der Waals surface area contributed by atoms with Gasteiger partial charge in [0, 0.05) is 50.5 Å². The molecule has 0 amide bonds. The van der Waals surface area contributed by atoms with Crippen molar-refractivity contribution in [2.75, 3.05) is 0 Å². The van der Waals surface area contributed by atoms with Crippen molar-refractivity contribution in [1.29, 1.82) is 0 Å². The highest BCUT2D eigenvalue weighted by atomic mass is 32.1. The zero-order valence-electron chi connectivity index (χ0n) is 43.2. The summed E-state index contributed by atoms with van der Waals surface area (Å²) in [5.74, 6) is 0.